The zero-order chi connectivity index (χ0) is 14.8. The van der Waals surface area contributed by atoms with Gasteiger partial charge in [0.25, 0.3) is 0 Å². The van der Waals surface area contributed by atoms with E-state index in [4.69, 9.17) is 5.11 Å². The highest BCUT2D eigenvalue weighted by atomic mass is 16.4. The molecular weight excluding hydrogens is 266 g/mol. The van der Waals surface area contributed by atoms with Crippen molar-refractivity contribution in [1.82, 2.24) is 9.38 Å². The maximum absolute atomic E-state index is 10.8. The molecule has 2 heterocycles. The minimum absolute atomic E-state index is 0.492. The Balaban J connectivity index is 2.07. The third-order valence-electron chi connectivity index (χ3n) is 4.14. The molecule has 110 valence electrons. The normalized spacial score (nSPS) is 16.0. The highest BCUT2D eigenvalue weighted by Gasteiger charge is 2.23. The predicted molar refractivity (Wildman–Crippen MR) is 82.5 cm³/mol. The lowest BCUT2D eigenvalue weighted by atomic mass is 10.2. The first-order valence-electron chi connectivity index (χ1n) is 7.28. The van der Waals surface area contributed by atoms with Crippen LogP contribution < -0.4 is 4.90 Å². The molecular formula is C16H19N3O2. The smallest absolute Gasteiger partial charge is 0.328 e. The molecule has 3 rings (SSSR count). The summed E-state index contributed by atoms with van der Waals surface area (Å²) in [5.74, 6) is -0.0963. The molecule has 0 amide bonds. The summed E-state index contributed by atoms with van der Waals surface area (Å²) < 4.78 is 1.93. The van der Waals surface area contributed by atoms with Crippen molar-refractivity contribution in [2.24, 2.45) is 0 Å². The highest BCUT2D eigenvalue weighted by molar-refractivity contribution is 5.86. The number of nitrogens with zero attached hydrogens (tertiary/aromatic N) is 3. The first-order chi connectivity index (χ1) is 10.2. The molecule has 2 aromatic heterocycles. The van der Waals surface area contributed by atoms with E-state index in [9.17, 15) is 4.79 Å². The molecule has 0 aliphatic heterocycles. The molecule has 21 heavy (non-hydrogen) atoms. The zero-order valence-corrected chi connectivity index (χ0v) is 12.1. The fourth-order valence-corrected chi connectivity index (χ4v) is 3.03. The number of imidazole rings is 1. The van der Waals surface area contributed by atoms with Gasteiger partial charge in [-0.3, -0.25) is 4.40 Å². The number of carboxylic acid groups (broad SMARTS) is 1. The molecule has 1 saturated carbocycles. The van der Waals surface area contributed by atoms with E-state index in [0.717, 1.165) is 17.2 Å². The van der Waals surface area contributed by atoms with Gasteiger partial charge in [0.15, 0.2) is 5.82 Å². The Morgan fingerprint density at radius 3 is 2.90 bits per heavy atom. The van der Waals surface area contributed by atoms with Crippen molar-refractivity contribution in [2.75, 3.05) is 11.9 Å². The van der Waals surface area contributed by atoms with Gasteiger partial charge in [-0.25, -0.2) is 9.78 Å². The second kappa shape index (κ2) is 5.60. The van der Waals surface area contributed by atoms with Crippen LogP contribution in [0.15, 0.2) is 30.5 Å². The Labute approximate surface area is 123 Å². The molecule has 0 bridgehead atoms. The largest absolute Gasteiger partial charge is 0.478 e. The summed E-state index contributed by atoms with van der Waals surface area (Å²) in [4.78, 5) is 17.7. The predicted octanol–water partition coefficient (Wildman–Crippen LogP) is 2.81. The van der Waals surface area contributed by atoms with Crippen molar-refractivity contribution in [3.05, 3.63) is 36.2 Å². The summed E-state index contributed by atoms with van der Waals surface area (Å²) >= 11 is 0. The first kappa shape index (κ1) is 13.7. The van der Waals surface area contributed by atoms with Crippen LogP contribution in [0.3, 0.4) is 0 Å². The van der Waals surface area contributed by atoms with Crippen molar-refractivity contribution in [3.8, 4) is 0 Å². The van der Waals surface area contributed by atoms with Gasteiger partial charge in [0.2, 0.25) is 0 Å². The van der Waals surface area contributed by atoms with E-state index in [1.807, 2.05) is 28.8 Å². The van der Waals surface area contributed by atoms with Gasteiger partial charge in [0, 0.05) is 25.4 Å². The molecule has 0 radical (unpaired) electrons. The number of aromatic nitrogens is 2. The molecule has 1 fully saturated rings. The summed E-state index contributed by atoms with van der Waals surface area (Å²) in [5.41, 5.74) is 1.66. The number of carbonyl (C=O) groups is 1. The van der Waals surface area contributed by atoms with E-state index in [-0.39, 0.29) is 0 Å². The molecule has 0 unspecified atom stereocenters. The summed E-state index contributed by atoms with van der Waals surface area (Å²) in [5, 5.41) is 8.90. The van der Waals surface area contributed by atoms with Crippen LogP contribution in [-0.2, 0) is 4.79 Å². The number of anilines is 1. The van der Waals surface area contributed by atoms with Crippen molar-refractivity contribution in [1.29, 1.82) is 0 Å². The molecule has 5 heteroatoms. The summed E-state index contributed by atoms with van der Waals surface area (Å²) in [6, 6.07) is 6.29. The molecule has 1 aliphatic rings. The Bertz CT molecular complexity index is 684. The molecule has 0 spiro atoms. The summed E-state index contributed by atoms with van der Waals surface area (Å²) in [6.45, 7) is 0. The summed E-state index contributed by atoms with van der Waals surface area (Å²) in [6.07, 6.45) is 9.56. The van der Waals surface area contributed by atoms with Gasteiger partial charge in [0.1, 0.15) is 5.65 Å². The number of pyridine rings is 1. The third-order valence-corrected chi connectivity index (χ3v) is 4.14. The average molecular weight is 285 g/mol. The number of hydrogen-bond donors (Lipinski definition) is 1. The maximum atomic E-state index is 10.8. The van der Waals surface area contributed by atoms with Crippen LogP contribution in [0.1, 0.15) is 31.4 Å². The summed E-state index contributed by atoms with van der Waals surface area (Å²) in [7, 11) is 2.05. The van der Waals surface area contributed by atoms with Crippen LogP contribution in [-0.4, -0.2) is 33.6 Å². The monoisotopic (exact) mass is 285 g/mol. The van der Waals surface area contributed by atoms with Crippen molar-refractivity contribution >= 4 is 23.5 Å². The van der Waals surface area contributed by atoms with E-state index in [1.54, 1.807) is 6.08 Å². The van der Waals surface area contributed by atoms with E-state index in [1.165, 1.54) is 31.8 Å². The molecule has 0 saturated heterocycles. The van der Waals surface area contributed by atoms with Crippen LogP contribution >= 0.6 is 0 Å². The van der Waals surface area contributed by atoms with Crippen LogP contribution in [0.5, 0.6) is 0 Å². The van der Waals surface area contributed by atoms with Crippen LogP contribution in [0, 0.1) is 0 Å². The average Bonchev–Trinajstić information content (AvgIpc) is 3.12. The van der Waals surface area contributed by atoms with E-state index in [0.29, 0.717) is 6.04 Å². The number of carboxylic acids is 1. The SMILES string of the molecule is CN(c1nc2ccccn2c1/C=C/C(=O)O)C1CCCC1. The number of hydrogen-bond acceptors (Lipinski definition) is 3. The lowest BCUT2D eigenvalue weighted by Gasteiger charge is -2.24. The lowest BCUT2D eigenvalue weighted by molar-refractivity contribution is -0.131. The molecule has 1 aliphatic carbocycles. The molecule has 0 atom stereocenters. The van der Waals surface area contributed by atoms with Gasteiger partial charge in [-0.05, 0) is 31.1 Å². The van der Waals surface area contributed by atoms with E-state index < -0.39 is 5.97 Å². The molecule has 2 aromatic rings. The second-order valence-corrected chi connectivity index (χ2v) is 5.47. The van der Waals surface area contributed by atoms with E-state index in [2.05, 4.69) is 16.9 Å². The van der Waals surface area contributed by atoms with Crippen molar-refractivity contribution < 1.29 is 9.90 Å². The standard InChI is InChI=1S/C16H19N3O2/c1-18(12-6-2-3-7-12)16-13(9-10-15(20)21)19-11-5-4-8-14(19)17-16/h4-5,8-12H,2-3,6-7H2,1H3,(H,20,21)/b10-9+. The number of aliphatic carboxylic acids is 1. The minimum Gasteiger partial charge on any atom is -0.478 e. The molecule has 1 N–H and O–H groups in total. The fraction of sp³-hybridized carbons (Fsp3) is 0.375. The van der Waals surface area contributed by atoms with Gasteiger partial charge in [-0.2, -0.15) is 0 Å². The van der Waals surface area contributed by atoms with Gasteiger partial charge < -0.3 is 10.0 Å². The van der Waals surface area contributed by atoms with Crippen molar-refractivity contribution in [2.45, 2.75) is 31.7 Å². The van der Waals surface area contributed by atoms with Crippen LogP contribution in [0.4, 0.5) is 5.82 Å². The Kier molecular flexibility index (Phi) is 3.64. The third kappa shape index (κ3) is 2.63. The Hall–Kier alpha value is -2.30. The van der Waals surface area contributed by atoms with E-state index >= 15 is 0 Å². The van der Waals surface area contributed by atoms with Crippen LogP contribution in [0.25, 0.3) is 11.7 Å². The van der Waals surface area contributed by atoms with Gasteiger partial charge in [0.05, 0.1) is 5.69 Å². The number of fused-ring (bicyclic) bond motifs is 1. The van der Waals surface area contributed by atoms with Crippen LogP contribution in [0.2, 0.25) is 0 Å². The highest BCUT2D eigenvalue weighted by Crippen LogP contribution is 2.30. The fourth-order valence-electron chi connectivity index (χ4n) is 3.03. The Morgan fingerprint density at radius 1 is 1.43 bits per heavy atom. The topological polar surface area (TPSA) is 57.8 Å². The van der Waals surface area contributed by atoms with Crippen molar-refractivity contribution in [3.63, 3.8) is 0 Å². The second-order valence-electron chi connectivity index (χ2n) is 5.47. The Morgan fingerprint density at radius 2 is 2.19 bits per heavy atom. The van der Waals surface area contributed by atoms with Gasteiger partial charge in [-0.15, -0.1) is 0 Å². The molecule has 0 aromatic carbocycles. The number of rotatable bonds is 4. The first-order valence-corrected chi connectivity index (χ1v) is 7.28. The van der Waals surface area contributed by atoms with Gasteiger partial charge >= 0.3 is 5.97 Å². The zero-order valence-electron chi connectivity index (χ0n) is 12.1. The maximum Gasteiger partial charge on any atom is 0.328 e. The quantitative estimate of drug-likeness (QED) is 0.878. The minimum atomic E-state index is -0.949. The lowest BCUT2D eigenvalue weighted by Crippen LogP contribution is -2.29. The van der Waals surface area contributed by atoms with Gasteiger partial charge in [-0.1, -0.05) is 18.9 Å². The molecule has 5 nitrogen and oxygen atoms in total.